The number of carbonyl (C=O) groups is 1. The average molecular weight is 501 g/mol. The van der Waals surface area contributed by atoms with Crippen molar-refractivity contribution < 1.29 is 9.90 Å². The fourth-order valence-corrected chi connectivity index (χ4v) is 4.24. The molecule has 0 saturated heterocycles. The third-order valence-corrected chi connectivity index (χ3v) is 6.18. The normalized spacial score (nSPS) is 10.7. The number of para-hydroxylation sites is 1. The molecule has 9 heteroatoms. The highest BCUT2D eigenvalue weighted by atomic mass is 32.1. The molecule has 0 unspecified atom stereocenters. The van der Waals surface area contributed by atoms with Crippen molar-refractivity contribution in [2.75, 3.05) is 11.9 Å². The molecule has 0 spiro atoms. The average Bonchev–Trinajstić information content (AvgIpc) is 3.43. The molecule has 0 saturated carbocycles. The molecular formula is C27H28N6O2S. The second-order valence-corrected chi connectivity index (χ2v) is 8.80. The van der Waals surface area contributed by atoms with Gasteiger partial charge in [-0.05, 0) is 52.2 Å². The summed E-state index contributed by atoms with van der Waals surface area (Å²) in [5, 5.41) is 27.5. The monoisotopic (exact) mass is 500 g/mol. The number of aromatic nitrogens is 4. The topological polar surface area (TPSA) is 107 Å². The molecule has 0 fully saturated rings. The van der Waals surface area contributed by atoms with E-state index in [9.17, 15) is 9.90 Å². The van der Waals surface area contributed by atoms with Gasteiger partial charge in [-0.2, -0.15) is 5.21 Å². The zero-order valence-corrected chi connectivity index (χ0v) is 20.8. The first-order valence-corrected chi connectivity index (χ1v) is 12.2. The van der Waals surface area contributed by atoms with Crippen molar-refractivity contribution in [3.05, 3.63) is 83.9 Å². The Hall–Kier alpha value is -4.11. The number of benzene rings is 3. The number of carboxylic acid groups (broad SMARTS) is 1. The lowest BCUT2D eigenvalue weighted by molar-refractivity contribution is -0.136. The number of unbranched alkanes of at least 4 members (excludes halogenated alkanes) is 1. The van der Waals surface area contributed by atoms with Crippen LogP contribution in [0.2, 0.25) is 0 Å². The van der Waals surface area contributed by atoms with E-state index in [1.807, 2.05) is 42.5 Å². The third kappa shape index (κ3) is 6.31. The van der Waals surface area contributed by atoms with E-state index in [4.69, 9.17) is 12.2 Å². The number of thiocarbonyl (C=S) groups is 1. The number of aromatic amines is 1. The fourth-order valence-electron chi connectivity index (χ4n) is 3.97. The minimum absolute atomic E-state index is 0.0620. The van der Waals surface area contributed by atoms with Crippen molar-refractivity contribution in [1.29, 1.82) is 0 Å². The number of anilines is 1. The molecule has 0 radical (unpaired) electrons. The van der Waals surface area contributed by atoms with Crippen molar-refractivity contribution in [2.45, 2.75) is 32.7 Å². The third-order valence-electron chi connectivity index (χ3n) is 5.82. The summed E-state index contributed by atoms with van der Waals surface area (Å²) < 4.78 is 0. The van der Waals surface area contributed by atoms with Crippen LogP contribution in [0.25, 0.3) is 22.5 Å². The van der Waals surface area contributed by atoms with E-state index in [0.29, 0.717) is 23.0 Å². The molecule has 0 aliphatic rings. The van der Waals surface area contributed by atoms with Crippen LogP contribution >= 0.6 is 12.2 Å². The van der Waals surface area contributed by atoms with Gasteiger partial charge in [0.25, 0.3) is 0 Å². The van der Waals surface area contributed by atoms with Gasteiger partial charge in [0.15, 0.2) is 5.11 Å². The second-order valence-electron chi connectivity index (χ2n) is 8.41. The molecule has 8 nitrogen and oxygen atoms in total. The molecule has 1 heterocycles. The van der Waals surface area contributed by atoms with Gasteiger partial charge in [0.05, 0.1) is 6.42 Å². The van der Waals surface area contributed by atoms with Crippen molar-refractivity contribution in [3.63, 3.8) is 0 Å². The predicted octanol–water partition coefficient (Wildman–Crippen LogP) is 5.16. The molecule has 1 aromatic heterocycles. The Bertz CT molecular complexity index is 1310. The highest BCUT2D eigenvalue weighted by Gasteiger charge is 2.14. The Labute approximate surface area is 215 Å². The van der Waals surface area contributed by atoms with Crippen LogP contribution in [0.1, 0.15) is 30.9 Å². The first kappa shape index (κ1) is 25.0. The van der Waals surface area contributed by atoms with Crippen LogP contribution in [0.3, 0.4) is 0 Å². The minimum Gasteiger partial charge on any atom is -0.481 e. The first-order chi connectivity index (χ1) is 17.5. The summed E-state index contributed by atoms with van der Waals surface area (Å²) in [6.45, 7) is 3.58. The molecular weight excluding hydrogens is 472 g/mol. The number of carboxylic acids is 1. The molecule has 0 aliphatic carbocycles. The lowest BCUT2D eigenvalue weighted by Gasteiger charge is -2.27. The van der Waals surface area contributed by atoms with E-state index in [0.717, 1.165) is 47.3 Å². The second kappa shape index (κ2) is 12.0. The number of nitrogens with zero attached hydrogens (tertiary/aromatic N) is 4. The molecule has 0 amide bonds. The van der Waals surface area contributed by atoms with E-state index >= 15 is 0 Å². The number of hydrogen-bond acceptors (Lipinski definition) is 5. The van der Waals surface area contributed by atoms with Gasteiger partial charge in [-0.1, -0.05) is 80.1 Å². The highest BCUT2D eigenvalue weighted by Crippen LogP contribution is 2.30. The number of aliphatic carboxylic acids is 1. The van der Waals surface area contributed by atoms with Crippen LogP contribution in [0.4, 0.5) is 5.69 Å². The number of tetrazole rings is 1. The van der Waals surface area contributed by atoms with Gasteiger partial charge in [-0.25, -0.2) is 0 Å². The maximum atomic E-state index is 11.3. The fraction of sp³-hybridized carbons (Fsp3) is 0.222. The minimum atomic E-state index is -0.876. The maximum absolute atomic E-state index is 11.3. The zero-order valence-electron chi connectivity index (χ0n) is 20.0. The quantitative estimate of drug-likeness (QED) is 0.256. The van der Waals surface area contributed by atoms with Gasteiger partial charge in [0.1, 0.15) is 0 Å². The van der Waals surface area contributed by atoms with Gasteiger partial charge in [-0.15, -0.1) is 10.2 Å². The molecule has 4 aromatic rings. The number of hydrogen-bond donors (Lipinski definition) is 3. The molecule has 36 heavy (non-hydrogen) atoms. The maximum Gasteiger partial charge on any atom is 0.307 e. The summed E-state index contributed by atoms with van der Waals surface area (Å²) in [4.78, 5) is 13.4. The van der Waals surface area contributed by atoms with E-state index in [2.05, 4.69) is 62.0 Å². The standard InChI is InChI=1S/C27H28N6O2S/c1-2-3-16-33(27(36)28-24-11-7-4-8-21(24)17-25(34)35)18-19-12-14-20(15-13-19)22-9-5-6-10-23(22)26-29-31-32-30-26/h4-15H,2-3,16-18H2,1H3,(H,28,36)(H,34,35)(H,29,30,31,32). The lowest BCUT2D eigenvalue weighted by Crippen LogP contribution is -2.35. The van der Waals surface area contributed by atoms with Crippen LogP contribution < -0.4 is 5.32 Å². The molecule has 0 atom stereocenters. The summed E-state index contributed by atoms with van der Waals surface area (Å²) in [6.07, 6.45) is 1.98. The zero-order chi connectivity index (χ0) is 25.3. The predicted molar refractivity (Wildman–Crippen MR) is 144 cm³/mol. The van der Waals surface area contributed by atoms with Crippen LogP contribution in [-0.2, 0) is 17.8 Å². The molecule has 0 aliphatic heterocycles. The van der Waals surface area contributed by atoms with Crippen molar-refractivity contribution in [1.82, 2.24) is 25.5 Å². The van der Waals surface area contributed by atoms with Crippen molar-refractivity contribution in [3.8, 4) is 22.5 Å². The van der Waals surface area contributed by atoms with Crippen LogP contribution in [0.15, 0.2) is 72.8 Å². The van der Waals surface area contributed by atoms with E-state index < -0.39 is 5.97 Å². The van der Waals surface area contributed by atoms with Gasteiger partial charge < -0.3 is 15.3 Å². The number of nitrogens with one attached hydrogen (secondary N) is 2. The Morgan fingerprint density at radius 1 is 1.03 bits per heavy atom. The molecule has 184 valence electrons. The summed E-state index contributed by atoms with van der Waals surface area (Å²) in [5.41, 5.74) is 5.54. The molecule has 3 aromatic carbocycles. The number of rotatable bonds is 10. The molecule has 4 rings (SSSR count). The lowest BCUT2D eigenvalue weighted by atomic mass is 9.98. The Balaban J connectivity index is 1.51. The smallest absolute Gasteiger partial charge is 0.307 e. The van der Waals surface area contributed by atoms with Crippen LogP contribution in [0, 0.1) is 0 Å². The van der Waals surface area contributed by atoms with Crippen molar-refractivity contribution in [2.24, 2.45) is 0 Å². The highest BCUT2D eigenvalue weighted by molar-refractivity contribution is 7.80. The van der Waals surface area contributed by atoms with E-state index in [-0.39, 0.29) is 6.42 Å². The Kier molecular flexibility index (Phi) is 8.36. The summed E-state index contributed by atoms with van der Waals surface area (Å²) >= 11 is 5.75. The summed E-state index contributed by atoms with van der Waals surface area (Å²) in [7, 11) is 0. The van der Waals surface area contributed by atoms with E-state index in [1.54, 1.807) is 6.07 Å². The summed E-state index contributed by atoms with van der Waals surface area (Å²) in [6, 6.07) is 23.7. The van der Waals surface area contributed by atoms with Crippen LogP contribution in [-0.4, -0.2) is 48.3 Å². The van der Waals surface area contributed by atoms with Gasteiger partial charge in [-0.3, -0.25) is 4.79 Å². The first-order valence-electron chi connectivity index (χ1n) is 11.8. The largest absolute Gasteiger partial charge is 0.481 e. The van der Waals surface area contributed by atoms with E-state index in [1.165, 1.54) is 0 Å². The van der Waals surface area contributed by atoms with Crippen LogP contribution in [0.5, 0.6) is 0 Å². The van der Waals surface area contributed by atoms with Crippen molar-refractivity contribution >= 4 is 29.0 Å². The van der Waals surface area contributed by atoms with Gasteiger partial charge >= 0.3 is 5.97 Å². The van der Waals surface area contributed by atoms with Gasteiger partial charge in [0.2, 0.25) is 5.82 Å². The molecule has 3 N–H and O–H groups in total. The Morgan fingerprint density at radius 2 is 1.75 bits per heavy atom. The SMILES string of the molecule is CCCCN(Cc1ccc(-c2ccccc2-c2nn[nH]n2)cc1)C(=S)Nc1ccccc1CC(=O)O. The molecule has 0 bridgehead atoms. The number of H-pyrrole nitrogens is 1. The van der Waals surface area contributed by atoms with Gasteiger partial charge in [0, 0.05) is 24.3 Å². The summed E-state index contributed by atoms with van der Waals surface area (Å²) in [5.74, 6) is -0.320. The Morgan fingerprint density at radius 3 is 2.44 bits per heavy atom.